The number of aliphatic hydroxyl groups is 2. The second-order valence-corrected chi connectivity index (χ2v) is 6.93. The Kier molecular flexibility index (Phi) is 5.54. The molecule has 9 heteroatoms. The topological polar surface area (TPSA) is 114 Å². The Balaban J connectivity index is 1.98. The van der Waals surface area contributed by atoms with Gasteiger partial charge in [-0.15, -0.1) is 11.3 Å². The monoisotopic (exact) mass is 389 g/mol. The molecule has 3 rings (SSSR count). The minimum Gasteiger partial charge on any atom is -0.495 e. The van der Waals surface area contributed by atoms with Gasteiger partial charge in [0.1, 0.15) is 10.6 Å². The number of aromatic nitrogens is 2. The fourth-order valence-electron chi connectivity index (χ4n) is 2.72. The lowest BCUT2D eigenvalue weighted by atomic mass is 10.2. The van der Waals surface area contributed by atoms with E-state index in [-0.39, 0.29) is 18.0 Å². The number of methoxy groups -OCH3 is 1. The van der Waals surface area contributed by atoms with E-state index in [2.05, 4.69) is 10.3 Å². The van der Waals surface area contributed by atoms with E-state index < -0.39 is 12.7 Å². The number of nitrogens with zero attached hydrogens (tertiary/aromatic N) is 2. The van der Waals surface area contributed by atoms with Gasteiger partial charge in [0.15, 0.2) is 0 Å². The lowest BCUT2D eigenvalue weighted by Crippen LogP contribution is -2.28. The van der Waals surface area contributed by atoms with Crippen molar-refractivity contribution in [2.75, 3.05) is 19.0 Å². The highest BCUT2D eigenvalue weighted by Gasteiger charge is 2.21. The maximum atomic E-state index is 12.7. The molecule has 0 aliphatic carbocycles. The molecule has 1 unspecified atom stereocenters. The van der Waals surface area contributed by atoms with E-state index in [1.807, 2.05) is 0 Å². The number of fused-ring (bicyclic) bond motifs is 1. The van der Waals surface area contributed by atoms with E-state index in [1.54, 1.807) is 31.2 Å². The maximum absolute atomic E-state index is 12.7. The Hall–Kier alpha value is -2.75. The number of aryl methyl sites for hydroxylation is 1. The number of hydrogen-bond donors (Lipinski definition) is 3. The molecule has 0 bridgehead atoms. The molecule has 0 saturated heterocycles. The molecular weight excluding hydrogens is 370 g/mol. The number of para-hydroxylation sites is 2. The van der Waals surface area contributed by atoms with Crippen LogP contribution >= 0.6 is 11.3 Å². The molecule has 2 aromatic heterocycles. The molecule has 1 amide bonds. The van der Waals surface area contributed by atoms with E-state index in [0.29, 0.717) is 32.1 Å². The Labute approximate surface area is 158 Å². The van der Waals surface area contributed by atoms with Crippen LogP contribution in [0.3, 0.4) is 0 Å². The molecule has 0 radical (unpaired) electrons. The summed E-state index contributed by atoms with van der Waals surface area (Å²) in [6.45, 7) is 1.15. The fourth-order valence-corrected chi connectivity index (χ4v) is 3.75. The van der Waals surface area contributed by atoms with E-state index in [4.69, 9.17) is 9.84 Å². The first-order valence-corrected chi connectivity index (χ1v) is 8.99. The standard InChI is InChI=1S/C18H19N3O5S/c1-10-14-17(19-9-21(18(14)25)7-11(23)8-22)27-15(10)16(24)20-12-5-3-4-6-13(12)26-2/h3-6,9,11,22-23H,7-8H2,1-2H3,(H,20,24). The van der Waals surface area contributed by atoms with Crippen molar-refractivity contribution in [3.8, 4) is 5.75 Å². The SMILES string of the molecule is COc1ccccc1NC(=O)c1sc2ncn(CC(O)CO)c(=O)c2c1C. The number of aliphatic hydroxyl groups excluding tert-OH is 2. The number of thiophene rings is 1. The Bertz CT molecular complexity index is 1040. The van der Waals surface area contributed by atoms with Crippen LogP contribution in [0.1, 0.15) is 15.2 Å². The third-order valence-electron chi connectivity index (χ3n) is 4.10. The molecule has 2 heterocycles. The molecule has 0 aliphatic heterocycles. The van der Waals surface area contributed by atoms with Gasteiger partial charge in [0, 0.05) is 0 Å². The second-order valence-electron chi connectivity index (χ2n) is 5.93. The van der Waals surface area contributed by atoms with Crippen LogP contribution < -0.4 is 15.6 Å². The Morgan fingerprint density at radius 1 is 1.41 bits per heavy atom. The second kappa shape index (κ2) is 7.87. The first-order chi connectivity index (χ1) is 13.0. The number of carbonyl (C=O) groups is 1. The normalized spacial score (nSPS) is 12.1. The molecule has 3 N–H and O–H groups in total. The zero-order chi connectivity index (χ0) is 19.6. The molecule has 0 aliphatic rings. The van der Waals surface area contributed by atoms with Crippen LogP contribution in [0.25, 0.3) is 10.2 Å². The van der Waals surface area contributed by atoms with Crippen molar-refractivity contribution in [1.82, 2.24) is 9.55 Å². The number of amides is 1. The molecular formula is C18H19N3O5S. The summed E-state index contributed by atoms with van der Waals surface area (Å²) in [4.78, 5) is 30.4. The van der Waals surface area contributed by atoms with Crippen molar-refractivity contribution >= 4 is 33.1 Å². The van der Waals surface area contributed by atoms with Gasteiger partial charge >= 0.3 is 0 Å². The first kappa shape index (κ1) is 19.0. The van der Waals surface area contributed by atoms with E-state index >= 15 is 0 Å². The van der Waals surface area contributed by atoms with E-state index in [1.165, 1.54) is 18.0 Å². The van der Waals surface area contributed by atoms with Crippen LogP contribution in [0.15, 0.2) is 35.4 Å². The highest BCUT2D eigenvalue weighted by atomic mass is 32.1. The summed E-state index contributed by atoms with van der Waals surface area (Å²) in [6.07, 6.45) is 0.246. The van der Waals surface area contributed by atoms with Gasteiger partial charge in [0.2, 0.25) is 0 Å². The summed E-state index contributed by atoms with van der Waals surface area (Å²) in [6, 6.07) is 7.04. The van der Waals surface area contributed by atoms with Gasteiger partial charge in [-0.1, -0.05) is 12.1 Å². The number of nitrogens with one attached hydrogen (secondary N) is 1. The van der Waals surface area contributed by atoms with E-state index in [9.17, 15) is 14.7 Å². The van der Waals surface area contributed by atoms with Gasteiger partial charge in [-0.3, -0.25) is 14.2 Å². The molecule has 0 fully saturated rings. The highest BCUT2D eigenvalue weighted by Crippen LogP contribution is 2.29. The molecule has 1 aromatic carbocycles. The van der Waals surface area contributed by atoms with Gasteiger partial charge in [0.25, 0.3) is 11.5 Å². The molecule has 27 heavy (non-hydrogen) atoms. The number of ether oxygens (including phenoxy) is 1. The third kappa shape index (κ3) is 3.70. The van der Waals surface area contributed by atoms with E-state index in [0.717, 1.165) is 11.3 Å². The molecule has 0 saturated carbocycles. The van der Waals surface area contributed by atoms with Crippen LogP contribution in [-0.4, -0.2) is 45.5 Å². The minimum absolute atomic E-state index is 0.0731. The lowest BCUT2D eigenvalue weighted by molar-refractivity contribution is 0.0802. The number of rotatable bonds is 6. The molecule has 3 aromatic rings. The summed E-state index contributed by atoms with van der Waals surface area (Å²) < 4.78 is 6.46. The van der Waals surface area contributed by atoms with Gasteiger partial charge in [-0.2, -0.15) is 0 Å². The van der Waals surface area contributed by atoms with Crippen molar-refractivity contribution in [2.45, 2.75) is 19.6 Å². The fraction of sp³-hybridized carbons (Fsp3) is 0.278. The third-order valence-corrected chi connectivity index (χ3v) is 5.30. The molecule has 1 atom stereocenters. The number of hydrogen-bond acceptors (Lipinski definition) is 7. The van der Waals surface area contributed by atoms with Crippen LogP contribution in [0.4, 0.5) is 5.69 Å². The van der Waals surface area contributed by atoms with Crippen molar-refractivity contribution in [1.29, 1.82) is 0 Å². The zero-order valence-electron chi connectivity index (χ0n) is 14.8. The summed E-state index contributed by atoms with van der Waals surface area (Å²) in [7, 11) is 1.52. The zero-order valence-corrected chi connectivity index (χ0v) is 15.6. The van der Waals surface area contributed by atoms with Crippen molar-refractivity contribution < 1.29 is 19.7 Å². The molecule has 8 nitrogen and oxygen atoms in total. The summed E-state index contributed by atoms with van der Waals surface area (Å²) in [5.41, 5.74) is 0.684. The van der Waals surface area contributed by atoms with Gasteiger partial charge < -0.3 is 20.3 Å². The predicted octanol–water partition coefficient (Wildman–Crippen LogP) is 1.38. The smallest absolute Gasteiger partial charge is 0.266 e. The average molecular weight is 389 g/mol. The average Bonchev–Trinajstić information content (AvgIpc) is 3.01. The number of benzene rings is 1. The van der Waals surface area contributed by atoms with Crippen LogP contribution in [0.2, 0.25) is 0 Å². The lowest BCUT2D eigenvalue weighted by Gasteiger charge is -2.09. The highest BCUT2D eigenvalue weighted by molar-refractivity contribution is 7.20. The number of anilines is 1. The predicted molar refractivity (Wildman–Crippen MR) is 103 cm³/mol. The largest absolute Gasteiger partial charge is 0.495 e. The van der Waals surface area contributed by atoms with Crippen molar-refractivity contribution in [2.24, 2.45) is 0 Å². The van der Waals surface area contributed by atoms with Crippen LogP contribution in [0.5, 0.6) is 5.75 Å². The summed E-state index contributed by atoms with van der Waals surface area (Å²) >= 11 is 1.12. The van der Waals surface area contributed by atoms with Crippen molar-refractivity contribution in [3.05, 3.63) is 51.4 Å². The quantitative estimate of drug-likeness (QED) is 0.587. The number of carbonyl (C=O) groups excluding carboxylic acids is 1. The summed E-state index contributed by atoms with van der Waals surface area (Å²) in [5.74, 6) is 0.171. The summed E-state index contributed by atoms with van der Waals surface area (Å²) in [5, 5.41) is 21.7. The Morgan fingerprint density at radius 2 is 2.15 bits per heavy atom. The molecule has 142 valence electrons. The van der Waals surface area contributed by atoms with Gasteiger partial charge in [-0.25, -0.2) is 4.98 Å². The van der Waals surface area contributed by atoms with Gasteiger partial charge in [-0.05, 0) is 24.6 Å². The van der Waals surface area contributed by atoms with Gasteiger partial charge in [0.05, 0.1) is 48.6 Å². The maximum Gasteiger partial charge on any atom is 0.266 e. The van der Waals surface area contributed by atoms with Crippen LogP contribution in [-0.2, 0) is 6.54 Å². The molecule has 0 spiro atoms. The minimum atomic E-state index is -1.06. The van der Waals surface area contributed by atoms with Crippen LogP contribution in [0, 0.1) is 6.92 Å². The first-order valence-electron chi connectivity index (χ1n) is 8.18. The van der Waals surface area contributed by atoms with Crippen molar-refractivity contribution in [3.63, 3.8) is 0 Å². The Morgan fingerprint density at radius 3 is 2.85 bits per heavy atom.